The van der Waals surface area contributed by atoms with E-state index in [9.17, 15) is 0 Å². The van der Waals surface area contributed by atoms with Crippen molar-refractivity contribution >= 4 is 11.8 Å². The van der Waals surface area contributed by atoms with Crippen LogP contribution < -0.4 is 4.74 Å². The van der Waals surface area contributed by atoms with Gasteiger partial charge in [-0.05, 0) is 41.8 Å². The van der Waals surface area contributed by atoms with E-state index in [1.54, 1.807) is 7.11 Å². The van der Waals surface area contributed by atoms with Gasteiger partial charge >= 0.3 is 0 Å². The van der Waals surface area contributed by atoms with Crippen LogP contribution >= 0.6 is 11.8 Å². The van der Waals surface area contributed by atoms with Crippen LogP contribution in [0.15, 0.2) is 24.3 Å². The van der Waals surface area contributed by atoms with E-state index in [4.69, 9.17) is 10.00 Å². The fourth-order valence-corrected chi connectivity index (χ4v) is 1.92. The lowest BCUT2D eigenvalue weighted by molar-refractivity contribution is 0.414. The van der Waals surface area contributed by atoms with Crippen LogP contribution in [0.3, 0.4) is 0 Å². The summed E-state index contributed by atoms with van der Waals surface area (Å²) < 4.78 is 5.16. The Labute approximate surface area is 95.3 Å². The predicted molar refractivity (Wildman–Crippen MR) is 63.9 cm³/mol. The number of hydrogen-bond donors (Lipinski definition) is 0. The highest BCUT2D eigenvalue weighted by Crippen LogP contribution is 2.17. The van der Waals surface area contributed by atoms with Crippen molar-refractivity contribution in [3.8, 4) is 11.2 Å². The highest BCUT2D eigenvalue weighted by Gasteiger charge is 2.04. The average molecular weight is 221 g/mol. The van der Waals surface area contributed by atoms with Crippen LogP contribution in [0.4, 0.5) is 0 Å². The third kappa shape index (κ3) is 4.26. The lowest BCUT2D eigenvalue weighted by atomic mass is 10.0. The standard InChI is InChI=1S/C12H15NOS/c1-10(8-15-9-13)6-11-4-3-5-12(7-11)14-2/h3-5,7,10H,6,8H2,1-2H3. The number of benzene rings is 1. The van der Waals surface area contributed by atoms with Crippen LogP contribution in [0, 0.1) is 16.6 Å². The summed E-state index contributed by atoms with van der Waals surface area (Å²) >= 11 is 1.32. The van der Waals surface area contributed by atoms with E-state index >= 15 is 0 Å². The van der Waals surface area contributed by atoms with Crippen LogP contribution in [0.2, 0.25) is 0 Å². The van der Waals surface area contributed by atoms with Gasteiger partial charge in [0.15, 0.2) is 0 Å². The smallest absolute Gasteiger partial charge is 0.133 e. The van der Waals surface area contributed by atoms with Crippen molar-refractivity contribution in [3.05, 3.63) is 29.8 Å². The zero-order chi connectivity index (χ0) is 11.1. The average Bonchev–Trinajstić information content (AvgIpc) is 2.26. The SMILES string of the molecule is COc1cccc(CC(C)CSC#N)c1. The van der Waals surface area contributed by atoms with Gasteiger partial charge in [0.05, 0.1) is 7.11 Å². The van der Waals surface area contributed by atoms with E-state index in [1.807, 2.05) is 18.2 Å². The maximum absolute atomic E-state index is 8.46. The molecule has 1 unspecified atom stereocenters. The summed E-state index contributed by atoms with van der Waals surface area (Å²) in [5.41, 5.74) is 1.26. The van der Waals surface area contributed by atoms with E-state index in [0.717, 1.165) is 17.9 Å². The highest BCUT2D eigenvalue weighted by atomic mass is 32.2. The first kappa shape index (κ1) is 11.9. The molecule has 15 heavy (non-hydrogen) atoms. The Morgan fingerprint density at radius 2 is 2.33 bits per heavy atom. The molecular formula is C12H15NOS. The fourth-order valence-electron chi connectivity index (χ4n) is 1.44. The van der Waals surface area contributed by atoms with Gasteiger partial charge in [-0.3, -0.25) is 0 Å². The van der Waals surface area contributed by atoms with Crippen LogP contribution in [0.25, 0.3) is 0 Å². The molecule has 0 bridgehead atoms. The second kappa shape index (κ2) is 6.36. The van der Waals surface area contributed by atoms with Crippen molar-refractivity contribution < 1.29 is 4.74 Å². The molecule has 0 saturated heterocycles. The number of hydrogen-bond acceptors (Lipinski definition) is 3. The van der Waals surface area contributed by atoms with Crippen LogP contribution in [0.5, 0.6) is 5.75 Å². The maximum Gasteiger partial charge on any atom is 0.133 e. The number of ether oxygens (including phenoxy) is 1. The molecular weight excluding hydrogens is 206 g/mol. The lowest BCUT2D eigenvalue weighted by Gasteiger charge is -2.09. The monoisotopic (exact) mass is 221 g/mol. The van der Waals surface area contributed by atoms with Crippen molar-refractivity contribution in [2.24, 2.45) is 5.92 Å². The molecule has 0 fully saturated rings. The lowest BCUT2D eigenvalue weighted by Crippen LogP contribution is -2.02. The van der Waals surface area contributed by atoms with E-state index in [-0.39, 0.29) is 0 Å². The zero-order valence-corrected chi connectivity index (χ0v) is 9.88. The van der Waals surface area contributed by atoms with Gasteiger partial charge < -0.3 is 4.74 Å². The van der Waals surface area contributed by atoms with Crippen LogP contribution in [-0.2, 0) is 6.42 Å². The third-order valence-electron chi connectivity index (χ3n) is 2.15. The molecule has 0 saturated carbocycles. The Hall–Kier alpha value is -1.14. The van der Waals surface area contributed by atoms with Crippen molar-refractivity contribution in [1.29, 1.82) is 5.26 Å². The zero-order valence-electron chi connectivity index (χ0n) is 9.06. The minimum absolute atomic E-state index is 0.516. The van der Waals surface area contributed by atoms with Gasteiger partial charge in [0.25, 0.3) is 0 Å². The topological polar surface area (TPSA) is 33.0 Å². The minimum Gasteiger partial charge on any atom is -0.497 e. The van der Waals surface area contributed by atoms with Gasteiger partial charge in [-0.15, -0.1) is 0 Å². The number of nitrogens with zero attached hydrogens (tertiary/aromatic N) is 1. The molecule has 0 N–H and O–H groups in total. The number of thiocyanates is 1. The van der Waals surface area contributed by atoms with E-state index in [2.05, 4.69) is 18.4 Å². The molecule has 1 aromatic rings. The first-order chi connectivity index (χ1) is 7.26. The Kier molecular flexibility index (Phi) is 5.06. The van der Waals surface area contributed by atoms with Crippen molar-refractivity contribution in [1.82, 2.24) is 0 Å². The van der Waals surface area contributed by atoms with Gasteiger partial charge in [0, 0.05) is 5.75 Å². The fraction of sp³-hybridized carbons (Fsp3) is 0.417. The highest BCUT2D eigenvalue weighted by molar-refractivity contribution is 8.03. The first-order valence-corrected chi connectivity index (χ1v) is 5.88. The first-order valence-electron chi connectivity index (χ1n) is 4.90. The molecule has 0 heterocycles. The molecule has 3 heteroatoms. The van der Waals surface area contributed by atoms with Gasteiger partial charge in [0.2, 0.25) is 0 Å². The molecule has 1 rings (SSSR count). The molecule has 0 amide bonds. The molecule has 0 aliphatic rings. The van der Waals surface area contributed by atoms with Crippen LogP contribution in [-0.4, -0.2) is 12.9 Å². The number of methoxy groups -OCH3 is 1. The largest absolute Gasteiger partial charge is 0.497 e. The summed E-state index contributed by atoms with van der Waals surface area (Å²) in [6, 6.07) is 8.08. The second-order valence-electron chi connectivity index (χ2n) is 3.56. The Bertz CT molecular complexity index is 346. The number of nitriles is 1. The molecule has 0 spiro atoms. The van der Waals surface area contributed by atoms with Gasteiger partial charge in [-0.1, -0.05) is 19.1 Å². The van der Waals surface area contributed by atoms with E-state index in [0.29, 0.717) is 5.92 Å². The van der Waals surface area contributed by atoms with E-state index in [1.165, 1.54) is 17.3 Å². The molecule has 1 atom stereocenters. The maximum atomic E-state index is 8.46. The summed E-state index contributed by atoms with van der Waals surface area (Å²) in [5, 5.41) is 10.6. The quantitative estimate of drug-likeness (QED) is 0.716. The van der Waals surface area contributed by atoms with Gasteiger partial charge in [-0.25, -0.2) is 0 Å². The van der Waals surface area contributed by atoms with Crippen molar-refractivity contribution in [3.63, 3.8) is 0 Å². The summed E-state index contributed by atoms with van der Waals surface area (Å²) in [7, 11) is 1.67. The molecule has 0 aromatic heterocycles. The Balaban J connectivity index is 2.52. The minimum atomic E-state index is 0.516. The predicted octanol–water partition coefficient (Wildman–Crippen LogP) is 3.09. The number of thioether (sulfide) groups is 1. The van der Waals surface area contributed by atoms with E-state index < -0.39 is 0 Å². The molecule has 2 nitrogen and oxygen atoms in total. The van der Waals surface area contributed by atoms with Gasteiger partial charge in [0.1, 0.15) is 11.2 Å². The molecule has 80 valence electrons. The van der Waals surface area contributed by atoms with Crippen molar-refractivity contribution in [2.75, 3.05) is 12.9 Å². The molecule has 0 aliphatic carbocycles. The summed E-state index contributed by atoms with van der Waals surface area (Å²) in [6.45, 7) is 2.16. The summed E-state index contributed by atoms with van der Waals surface area (Å²) in [6.07, 6.45) is 0.992. The Morgan fingerprint density at radius 1 is 1.53 bits per heavy atom. The van der Waals surface area contributed by atoms with Crippen LogP contribution in [0.1, 0.15) is 12.5 Å². The summed E-state index contributed by atoms with van der Waals surface area (Å²) in [4.78, 5) is 0. The molecule has 0 aliphatic heterocycles. The Morgan fingerprint density at radius 3 is 3.00 bits per heavy atom. The normalized spacial score (nSPS) is 11.8. The molecule has 0 radical (unpaired) electrons. The molecule has 1 aromatic carbocycles. The second-order valence-corrected chi connectivity index (χ2v) is 4.37. The summed E-state index contributed by atoms with van der Waals surface area (Å²) in [5.74, 6) is 2.29. The van der Waals surface area contributed by atoms with Crippen molar-refractivity contribution in [2.45, 2.75) is 13.3 Å². The number of rotatable bonds is 5. The third-order valence-corrected chi connectivity index (χ3v) is 3.02. The van der Waals surface area contributed by atoms with Gasteiger partial charge in [-0.2, -0.15) is 5.26 Å².